The third-order valence-corrected chi connectivity index (χ3v) is 4.93. The normalized spacial score (nSPS) is 21.6. The molecule has 2 aliphatic rings. The molecule has 1 aromatic carbocycles. The Bertz CT molecular complexity index is 574. The molecule has 2 atom stereocenters. The lowest BCUT2D eigenvalue weighted by Gasteiger charge is -2.24. The number of hydrogen-bond donors (Lipinski definition) is 2. The lowest BCUT2D eigenvalue weighted by Crippen LogP contribution is -2.39. The molecule has 0 radical (unpaired) electrons. The number of anilines is 1. The Morgan fingerprint density at radius 1 is 1.32 bits per heavy atom. The highest BCUT2D eigenvalue weighted by atomic mass is 35.5. The molecule has 2 heterocycles. The van der Waals surface area contributed by atoms with E-state index in [0.717, 1.165) is 30.9 Å². The minimum Gasteiger partial charge on any atom is -0.495 e. The van der Waals surface area contributed by atoms with Gasteiger partial charge >= 0.3 is 0 Å². The van der Waals surface area contributed by atoms with Crippen LogP contribution in [-0.2, 0) is 4.79 Å². The molecule has 5 nitrogen and oxygen atoms in total. The highest BCUT2D eigenvalue weighted by Crippen LogP contribution is 2.27. The molecule has 1 amide bonds. The van der Waals surface area contributed by atoms with E-state index in [4.69, 9.17) is 16.3 Å². The minimum atomic E-state index is 0. The number of methoxy groups -OCH3 is 1. The zero-order valence-corrected chi connectivity index (χ0v) is 16.7. The number of halogens is 3. The number of carbonyl (C=O) groups excluding carboxylic acids is 1. The van der Waals surface area contributed by atoms with Gasteiger partial charge in [-0.15, -0.1) is 24.8 Å². The van der Waals surface area contributed by atoms with Gasteiger partial charge in [0, 0.05) is 43.2 Å². The summed E-state index contributed by atoms with van der Waals surface area (Å²) >= 11 is 6.01. The topological polar surface area (TPSA) is 53.6 Å². The molecule has 2 saturated heterocycles. The molecule has 2 unspecified atom stereocenters. The van der Waals surface area contributed by atoms with Crippen LogP contribution in [0.5, 0.6) is 5.75 Å². The van der Waals surface area contributed by atoms with E-state index in [9.17, 15) is 4.79 Å². The van der Waals surface area contributed by atoms with Gasteiger partial charge in [-0.25, -0.2) is 0 Å². The quantitative estimate of drug-likeness (QED) is 0.781. The van der Waals surface area contributed by atoms with E-state index in [2.05, 4.69) is 10.6 Å². The van der Waals surface area contributed by atoms with Crippen molar-refractivity contribution >= 4 is 48.0 Å². The van der Waals surface area contributed by atoms with Crippen LogP contribution in [0.2, 0.25) is 5.02 Å². The molecule has 2 aliphatic heterocycles. The van der Waals surface area contributed by atoms with E-state index in [-0.39, 0.29) is 30.7 Å². The van der Waals surface area contributed by atoms with Crippen molar-refractivity contribution in [3.63, 3.8) is 0 Å². The standard InChI is InChI=1S/C17H24ClN3O2.2ClH/c1-23-16-5-2-12(18)10-15(16)19-8-6-17(22)21-9-7-13-3-4-14(11-21)20-13;;/h2,5,10,13-14,19-20H,3-4,6-9,11H2,1H3;2*1H. The fraction of sp³-hybridized carbons (Fsp3) is 0.588. The third kappa shape index (κ3) is 5.81. The average Bonchev–Trinajstić information content (AvgIpc) is 2.86. The van der Waals surface area contributed by atoms with Crippen LogP contribution in [0.25, 0.3) is 0 Å². The average molecular weight is 411 g/mol. The Hall–Kier alpha value is -0.880. The largest absolute Gasteiger partial charge is 0.495 e. The number of ether oxygens (including phenoxy) is 1. The molecule has 25 heavy (non-hydrogen) atoms. The van der Waals surface area contributed by atoms with Crippen LogP contribution in [0.3, 0.4) is 0 Å². The first-order chi connectivity index (χ1) is 11.2. The highest BCUT2D eigenvalue weighted by molar-refractivity contribution is 6.30. The summed E-state index contributed by atoms with van der Waals surface area (Å²) < 4.78 is 5.30. The lowest BCUT2D eigenvalue weighted by atomic mass is 10.1. The molecular weight excluding hydrogens is 385 g/mol. The van der Waals surface area contributed by atoms with Gasteiger partial charge in [0.1, 0.15) is 5.75 Å². The maximum Gasteiger partial charge on any atom is 0.224 e. The summed E-state index contributed by atoms with van der Waals surface area (Å²) in [6.07, 6.45) is 3.99. The molecule has 8 heteroatoms. The number of nitrogens with one attached hydrogen (secondary N) is 2. The summed E-state index contributed by atoms with van der Waals surface area (Å²) in [6, 6.07) is 6.51. The fourth-order valence-corrected chi connectivity index (χ4v) is 3.62. The first-order valence-corrected chi connectivity index (χ1v) is 8.64. The number of benzene rings is 1. The van der Waals surface area contributed by atoms with Crippen molar-refractivity contribution in [3.05, 3.63) is 23.2 Å². The number of fused-ring (bicyclic) bond motifs is 2. The lowest BCUT2D eigenvalue weighted by molar-refractivity contribution is -0.131. The second kappa shape index (κ2) is 10.3. The third-order valence-electron chi connectivity index (χ3n) is 4.69. The number of rotatable bonds is 5. The van der Waals surface area contributed by atoms with Gasteiger partial charge in [0.2, 0.25) is 5.91 Å². The smallest absolute Gasteiger partial charge is 0.224 e. The van der Waals surface area contributed by atoms with Crippen LogP contribution in [0, 0.1) is 0 Å². The summed E-state index contributed by atoms with van der Waals surface area (Å²) in [5.74, 6) is 0.950. The fourth-order valence-electron chi connectivity index (χ4n) is 3.45. The molecule has 0 aliphatic carbocycles. The van der Waals surface area contributed by atoms with E-state index >= 15 is 0 Å². The predicted molar refractivity (Wildman–Crippen MR) is 107 cm³/mol. The van der Waals surface area contributed by atoms with Gasteiger partial charge in [-0.05, 0) is 37.5 Å². The molecule has 2 N–H and O–H groups in total. The van der Waals surface area contributed by atoms with Crippen LogP contribution in [0.1, 0.15) is 25.7 Å². The summed E-state index contributed by atoms with van der Waals surface area (Å²) in [7, 11) is 1.62. The second-order valence-corrected chi connectivity index (χ2v) is 6.72. The Morgan fingerprint density at radius 3 is 2.84 bits per heavy atom. The first kappa shape index (κ1) is 22.2. The number of nitrogens with zero attached hydrogens (tertiary/aromatic N) is 1. The van der Waals surface area contributed by atoms with Gasteiger partial charge in [-0.3, -0.25) is 4.79 Å². The van der Waals surface area contributed by atoms with Crippen molar-refractivity contribution < 1.29 is 9.53 Å². The first-order valence-electron chi connectivity index (χ1n) is 8.27. The monoisotopic (exact) mass is 409 g/mol. The Balaban J connectivity index is 0.00000156. The van der Waals surface area contributed by atoms with Crippen LogP contribution < -0.4 is 15.4 Å². The van der Waals surface area contributed by atoms with E-state index < -0.39 is 0 Å². The van der Waals surface area contributed by atoms with Crippen molar-refractivity contribution in [1.82, 2.24) is 10.2 Å². The Kier molecular flexibility index (Phi) is 9.14. The number of carbonyl (C=O) groups is 1. The molecular formula is C17H26Cl3N3O2. The van der Waals surface area contributed by atoms with Crippen LogP contribution in [-0.4, -0.2) is 49.6 Å². The van der Waals surface area contributed by atoms with E-state index in [1.54, 1.807) is 13.2 Å². The molecule has 0 spiro atoms. The molecule has 1 aromatic rings. The molecule has 2 bridgehead atoms. The zero-order chi connectivity index (χ0) is 16.2. The maximum atomic E-state index is 12.4. The highest BCUT2D eigenvalue weighted by Gasteiger charge is 2.30. The summed E-state index contributed by atoms with van der Waals surface area (Å²) in [4.78, 5) is 14.4. The minimum absolute atomic E-state index is 0. The van der Waals surface area contributed by atoms with Crippen LogP contribution in [0.15, 0.2) is 18.2 Å². The van der Waals surface area contributed by atoms with Gasteiger partial charge in [-0.2, -0.15) is 0 Å². The van der Waals surface area contributed by atoms with Crippen molar-refractivity contribution in [1.29, 1.82) is 0 Å². The van der Waals surface area contributed by atoms with Crippen LogP contribution in [0.4, 0.5) is 5.69 Å². The van der Waals surface area contributed by atoms with Crippen molar-refractivity contribution in [3.8, 4) is 5.75 Å². The van der Waals surface area contributed by atoms with E-state index in [0.29, 0.717) is 30.1 Å². The van der Waals surface area contributed by atoms with Gasteiger partial charge in [0.15, 0.2) is 0 Å². The van der Waals surface area contributed by atoms with Crippen molar-refractivity contribution in [2.45, 2.75) is 37.8 Å². The molecule has 142 valence electrons. The second-order valence-electron chi connectivity index (χ2n) is 6.29. The van der Waals surface area contributed by atoms with Crippen molar-refractivity contribution in [2.24, 2.45) is 0 Å². The summed E-state index contributed by atoms with van der Waals surface area (Å²) in [5.41, 5.74) is 0.824. The Morgan fingerprint density at radius 2 is 2.08 bits per heavy atom. The summed E-state index contributed by atoms with van der Waals surface area (Å²) in [5, 5.41) is 7.50. The number of likely N-dealkylation sites (tertiary alicyclic amines) is 1. The molecule has 2 fully saturated rings. The maximum absolute atomic E-state index is 12.4. The van der Waals surface area contributed by atoms with Crippen LogP contribution >= 0.6 is 36.4 Å². The molecule has 3 rings (SSSR count). The Labute approximate surface area is 166 Å². The van der Waals surface area contributed by atoms with Gasteiger partial charge in [-0.1, -0.05) is 11.6 Å². The van der Waals surface area contributed by atoms with E-state index in [1.807, 2.05) is 17.0 Å². The van der Waals surface area contributed by atoms with Crippen molar-refractivity contribution in [2.75, 3.05) is 32.1 Å². The van der Waals surface area contributed by atoms with Gasteiger partial charge in [0.25, 0.3) is 0 Å². The molecule has 0 saturated carbocycles. The van der Waals surface area contributed by atoms with E-state index in [1.165, 1.54) is 12.8 Å². The SMILES string of the molecule is COc1ccc(Cl)cc1NCCC(=O)N1CCC2CCC(C1)N2.Cl.Cl. The van der Waals surface area contributed by atoms with Gasteiger partial charge < -0.3 is 20.3 Å². The molecule has 0 aromatic heterocycles. The summed E-state index contributed by atoms with van der Waals surface area (Å²) in [6.45, 7) is 2.29. The zero-order valence-electron chi connectivity index (χ0n) is 14.3. The number of hydrogen-bond acceptors (Lipinski definition) is 4. The number of amides is 1. The van der Waals surface area contributed by atoms with Gasteiger partial charge in [0.05, 0.1) is 12.8 Å². The predicted octanol–water partition coefficient (Wildman–Crippen LogP) is 3.35.